The van der Waals surface area contributed by atoms with Crippen LogP contribution in [0.25, 0.3) is 16.8 Å². The van der Waals surface area contributed by atoms with Crippen LogP contribution in [0, 0.1) is 17.6 Å². The maximum Gasteiger partial charge on any atom is 0.135 e. The predicted molar refractivity (Wildman–Crippen MR) is 140 cm³/mol. The molecule has 1 fully saturated rings. The average molecular weight is 522 g/mol. The van der Waals surface area contributed by atoms with Gasteiger partial charge >= 0.3 is 0 Å². The number of imidazole rings is 1. The molecule has 9 heteroatoms. The first-order valence-electron chi connectivity index (χ1n) is 13.0. The molecule has 38 heavy (non-hydrogen) atoms. The highest BCUT2D eigenvalue weighted by Gasteiger charge is 2.33. The first-order chi connectivity index (χ1) is 18.2. The molecule has 1 aliphatic carbocycles. The number of nitrogens with zero attached hydrogens (tertiary/aromatic N) is 4. The molecule has 1 saturated carbocycles. The van der Waals surface area contributed by atoms with Gasteiger partial charge in [0.05, 0.1) is 41.8 Å². The van der Waals surface area contributed by atoms with Gasteiger partial charge in [-0.25, -0.2) is 18.3 Å². The maximum atomic E-state index is 15.0. The van der Waals surface area contributed by atoms with Crippen LogP contribution in [0.1, 0.15) is 62.0 Å². The SMILES string of the molecule is CC(C)OCc1cc(F)c(-c2ccc3cnc(Cc4cnccc4[C@H]4C[C@@H](N)[C@@H](O)[C@@H](C)C4)n3n2)c(F)c1. The average Bonchev–Trinajstić information content (AvgIpc) is 3.27. The number of halogens is 2. The van der Waals surface area contributed by atoms with Crippen LogP contribution in [-0.4, -0.2) is 42.9 Å². The lowest BCUT2D eigenvalue weighted by Crippen LogP contribution is -2.44. The zero-order valence-electron chi connectivity index (χ0n) is 21.8. The van der Waals surface area contributed by atoms with Crippen molar-refractivity contribution in [2.45, 2.75) is 70.8 Å². The molecule has 0 unspecified atom stereocenters. The second-order valence-electron chi connectivity index (χ2n) is 10.6. The molecular weight excluding hydrogens is 488 g/mol. The molecule has 3 N–H and O–H groups in total. The molecule has 5 rings (SSSR count). The smallest absolute Gasteiger partial charge is 0.135 e. The molecule has 0 bridgehead atoms. The van der Waals surface area contributed by atoms with Crippen molar-refractivity contribution in [3.63, 3.8) is 0 Å². The van der Waals surface area contributed by atoms with Gasteiger partial charge < -0.3 is 15.6 Å². The number of hydrogen-bond acceptors (Lipinski definition) is 6. The van der Waals surface area contributed by atoms with Crippen molar-refractivity contribution in [3.05, 3.63) is 83.1 Å². The molecule has 4 aromatic rings. The summed E-state index contributed by atoms with van der Waals surface area (Å²) < 4.78 is 37.2. The van der Waals surface area contributed by atoms with Gasteiger partial charge in [-0.05, 0) is 85.5 Å². The summed E-state index contributed by atoms with van der Waals surface area (Å²) in [4.78, 5) is 8.89. The lowest BCUT2D eigenvalue weighted by atomic mass is 9.74. The topological polar surface area (TPSA) is 98.6 Å². The Hall–Kier alpha value is -3.27. The highest BCUT2D eigenvalue weighted by atomic mass is 19.1. The molecule has 1 aliphatic rings. The third-order valence-corrected chi connectivity index (χ3v) is 7.36. The molecule has 1 aromatic carbocycles. The number of hydrogen-bond donors (Lipinski definition) is 2. The lowest BCUT2D eigenvalue weighted by molar-refractivity contribution is 0.0519. The summed E-state index contributed by atoms with van der Waals surface area (Å²) in [5, 5.41) is 14.9. The van der Waals surface area contributed by atoms with Gasteiger partial charge in [-0.3, -0.25) is 4.98 Å². The molecule has 0 saturated heterocycles. The number of fused-ring (bicyclic) bond motifs is 1. The number of rotatable bonds is 7. The van der Waals surface area contributed by atoms with Crippen molar-refractivity contribution in [1.82, 2.24) is 19.6 Å². The van der Waals surface area contributed by atoms with Gasteiger partial charge in [-0.1, -0.05) is 6.92 Å². The van der Waals surface area contributed by atoms with E-state index in [4.69, 9.17) is 10.5 Å². The highest BCUT2D eigenvalue weighted by molar-refractivity contribution is 5.63. The fourth-order valence-electron chi connectivity index (χ4n) is 5.39. The molecule has 0 aliphatic heterocycles. The number of aliphatic hydroxyl groups is 1. The second-order valence-corrected chi connectivity index (χ2v) is 10.6. The number of ether oxygens (including phenoxy) is 1. The molecule has 0 radical (unpaired) electrons. The Kier molecular flexibility index (Phi) is 7.52. The molecule has 0 amide bonds. The Morgan fingerprint density at radius 2 is 1.89 bits per heavy atom. The van der Waals surface area contributed by atoms with Gasteiger partial charge in [0, 0.05) is 24.9 Å². The summed E-state index contributed by atoms with van der Waals surface area (Å²) >= 11 is 0. The van der Waals surface area contributed by atoms with Gasteiger partial charge in [0.15, 0.2) is 0 Å². The Labute approximate surface area is 220 Å². The van der Waals surface area contributed by atoms with Crippen molar-refractivity contribution in [3.8, 4) is 11.3 Å². The van der Waals surface area contributed by atoms with Gasteiger partial charge in [-0.15, -0.1) is 0 Å². The normalized spacial score (nSPS) is 21.9. The zero-order valence-corrected chi connectivity index (χ0v) is 21.8. The summed E-state index contributed by atoms with van der Waals surface area (Å²) in [5.41, 5.74) is 9.47. The number of aromatic nitrogens is 4. The molecule has 0 spiro atoms. The predicted octanol–water partition coefficient (Wildman–Crippen LogP) is 4.79. The minimum atomic E-state index is -0.694. The fourth-order valence-corrected chi connectivity index (χ4v) is 5.39. The van der Waals surface area contributed by atoms with Crippen LogP contribution in [0.2, 0.25) is 0 Å². The molecule has 7 nitrogen and oxygen atoms in total. The van der Waals surface area contributed by atoms with E-state index in [2.05, 4.69) is 15.1 Å². The van der Waals surface area contributed by atoms with E-state index in [1.807, 2.05) is 33.0 Å². The van der Waals surface area contributed by atoms with Crippen LogP contribution in [-0.2, 0) is 17.8 Å². The lowest BCUT2D eigenvalue weighted by Gasteiger charge is -2.36. The van der Waals surface area contributed by atoms with Crippen molar-refractivity contribution in [2.75, 3.05) is 0 Å². The zero-order chi connectivity index (χ0) is 27.0. The van der Waals surface area contributed by atoms with Crippen LogP contribution in [0.4, 0.5) is 8.78 Å². The van der Waals surface area contributed by atoms with Crippen molar-refractivity contribution < 1.29 is 18.6 Å². The van der Waals surface area contributed by atoms with Crippen molar-refractivity contribution in [1.29, 1.82) is 0 Å². The molecule has 3 heterocycles. The Morgan fingerprint density at radius 1 is 1.13 bits per heavy atom. The summed E-state index contributed by atoms with van der Waals surface area (Å²) in [7, 11) is 0. The summed E-state index contributed by atoms with van der Waals surface area (Å²) in [6, 6.07) is 7.64. The van der Waals surface area contributed by atoms with Gasteiger partial charge in [0.25, 0.3) is 0 Å². The van der Waals surface area contributed by atoms with E-state index in [0.717, 1.165) is 17.5 Å². The maximum absolute atomic E-state index is 15.0. The number of benzene rings is 1. The first kappa shape index (κ1) is 26.3. The Balaban J connectivity index is 1.46. The molecule has 200 valence electrons. The van der Waals surface area contributed by atoms with Crippen molar-refractivity contribution in [2.24, 2.45) is 11.7 Å². The minimum absolute atomic E-state index is 0.0466. The fraction of sp³-hybridized carbons (Fsp3) is 0.414. The van der Waals surface area contributed by atoms with Gasteiger partial charge in [0.1, 0.15) is 17.5 Å². The van der Waals surface area contributed by atoms with Crippen molar-refractivity contribution >= 4 is 5.52 Å². The van der Waals surface area contributed by atoms with E-state index in [1.54, 1.807) is 29.0 Å². The summed E-state index contributed by atoms with van der Waals surface area (Å²) in [6.07, 6.45) is 6.67. The van der Waals surface area contributed by atoms with E-state index in [1.165, 1.54) is 12.1 Å². The Morgan fingerprint density at radius 3 is 2.61 bits per heavy atom. The van der Waals surface area contributed by atoms with E-state index in [9.17, 15) is 5.11 Å². The monoisotopic (exact) mass is 521 g/mol. The second kappa shape index (κ2) is 10.8. The van der Waals surface area contributed by atoms with E-state index in [-0.39, 0.29) is 41.8 Å². The van der Waals surface area contributed by atoms with Crippen LogP contribution in [0.5, 0.6) is 0 Å². The molecule has 3 aromatic heterocycles. The quantitative estimate of drug-likeness (QED) is 0.363. The number of pyridine rings is 1. The number of nitrogens with two attached hydrogens (primary N) is 1. The van der Waals surface area contributed by atoms with E-state index < -0.39 is 17.7 Å². The van der Waals surface area contributed by atoms with Gasteiger partial charge in [0.2, 0.25) is 0 Å². The largest absolute Gasteiger partial charge is 0.391 e. The van der Waals surface area contributed by atoms with Crippen LogP contribution in [0.15, 0.2) is 48.9 Å². The summed E-state index contributed by atoms with van der Waals surface area (Å²) in [5.74, 6) is -0.473. The molecule has 4 atom stereocenters. The minimum Gasteiger partial charge on any atom is -0.391 e. The molecular formula is C29H33F2N5O2. The third kappa shape index (κ3) is 5.32. The standard InChI is InChI=1S/C29H33F2N5O2/c1-16(2)38-15-18-9-23(30)28(24(31)10-18)26-5-4-21-14-34-27(36(21)35-26)12-20-13-33-7-6-22(20)19-8-17(3)29(37)25(32)11-19/h4-7,9-10,13-14,16-17,19,25,29,37H,8,11-12,15,32H2,1-3H3/t17-,19+,25+,29-/m0/s1. The summed E-state index contributed by atoms with van der Waals surface area (Å²) in [6.45, 7) is 5.88. The van der Waals surface area contributed by atoms with Crippen LogP contribution in [0.3, 0.4) is 0 Å². The van der Waals surface area contributed by atoms with Crippen LogP contribution < -0.4 is 5.73 Å². The third-order valence-electron chi connectivity index (χ3n) is 7.36. The van der Waals surface area contributed by atoms with Gasteiger partial charge in [-0.2, -0.15) is 5.10 Å². The highest BCUT2D eigenvalue weighted by Crippen LogP contribution is 2.37. The first-order valence-corrected chi connectivity index (χ1v) is 13.0. The Bertz CT molecular complexity index is 1400. The van der Waals surface area contributed by atoms with Crippen LogP contribution >= 0.6 is 0 Å². The van der Waals surface area contributed by atoms with E-state index in [0.29, 0.717) is 29.7 Å². The van der Waals surface area contributed by atoms with E-state index >= 15 is 8.78 Å². The number of aliphatic hydroxyl groups excluding tert-OH is 1.